The van der Waals surface area contributed by atoms with E-state index in [1.807, 2.05) is 0 Å². The first-order chi connectivity index (χ1) is 7.49. The van der Waals surface area contributed by atoms with E-state index in [0.717, 1.165) is 6.07 Å². The molecule has 16 heavy (non-hydrogen) atoms. The van der Waals surface area contributed by atoms with Gasteiger partial charge >= 0.3 is 0 Å². The largest absolute Gasteiger partial charge is 0.338 e. The van der Waals surface area contributed by atoms with Crippen LogP contribution in [-0.4, -0.2) is 29.8 Å². The van der Waals surface area contributed by atoms with Crippen molar-refractivity contribution in [3.63, 3.8) is 0 Å². The van der Waals surface area contributed by atoms with Crippen LogP contribution < -0.4 is 0 Å². The number of alkyl halides is 1. The fraction of sp³-hybridized carbons (Fsp3) is 0.364. The molecule has 1 rings (SSSR count). The second-order valence-corrected chi connectivity index (χ2v) is 3.83. The Morgan fingerprint density at radius 3 is 2.69 bits per heavy atom. The zero-order chi connectivity index (χ0) is 12.3. The average molecular weight is 248 g/mol. The van der Waals surface area contributed by atoms with Crippen LogP contribution in [-0.2, 0) is 0 Å². The summed E-state index contributed by atoms with van der Waals surface area (Å²) in [5, 5.41) is 0. The van der Waals surface area contributed by atoms with Crippen LogP contribution in [0, 0.1) is 11.6 Å². The lowest BCUT2D eigenvalue weighted by atomic mass is 10.1. The molecule has 1 atom stereocenters. The molecule has 1 unspecified atom stereocenters. The van der Waals surface area contributed by atoms with Gasteiger partial charge in [0.05, 0.1) is 5.56 Å². The van der Waals surface area contributed by atoms with E-state index in [-0.39, 0.29) is 17.5 Å². The van der Waals surface area contributed by atoms with Gasteiger partial charge in [-0.25, -0.2) is 8.78 Å². The van der Waals surface area contributed by atoms with Crippen LogP contribution in [0.5, 0.6) is 0 Å². The van der Waals surface area contributed by atoms with E-state index in [2.05, 4.69) is 0 Å². The molecule has 0 aromatic heterocycles. The van der Waals surface area contributed by atoms with E-state index in [0.29, 0.717) is 0 Å². The third kappa shape index (κ3) is 2.50. The van der Waals surface area contributed by atoms with Crippen LogP contribution in [0.4, 0.5) is 8.78 Å². The summed E-state index contributed by atoms with van der Waals surface area (Å²) in [6.45, 7) is 1.72. The summed E-state index contributed by atoms with van der Waals surface area (Å²) in [6, 6.07) is 3.27. The van der Waals surface area contributed by atoms with Crippen molar-refractivity contribution >= 4 is 17.5 Å². The Balaban J connectivity index is 3.01. The lowest BCUT2D eigenvalue weighted by Gasteiger charge is -2.23. The van der Waals surface area contributed by atoms with Gasteiger partial charge in [-0.3, -0.25) is 4.79 Å². The quantitative estimate of drug-likeness (QED) is 0.752. The molecule has 2 nitrogen and oxygen atoms in total. The number of rotatable bonds is 3. The highest BCUT2D eigenvalue weighted by molar-refractivity contribution is 6.18. The monoisotopic (exact) mass is 247 g/mol. The first kappa shape index (κ1) is 12.9. The van der Waals surface area contributed by atoms with Gasteiger partial charge in [0.25, 0.3) is 5.91 Å². The first-order valence-electron chi connectivity index (χ1n) is 4.76. The van der Waals surface area contributed by atoms with Crippen LogP contribution in [0.3, 0.4) is 0 Å². The summed E-state index contributed by atoms with van der Waals surface area (Å²) in [5.41, 5.74) is -0.278. The van der Waals surface area contributed by atoms with Crippen molar-refractivity contribution in [1.82, 2.24) is 4.90 Å². The minimum Gasteiger partial charge on any atom is -0.338 e. The number of carbonyl (C=O) groups is 1. The third-order valence-corrected chi connectivity index (χ3v) is 2.83. The molecule has 1 aromatic rings. The number of nitrogens with zero attached hydrogens (tertiary/aromatic N) is 1. The van der Waals surface area contributed by atoms with Crippen molar-refractivity contribution in [2.45, 2.75) is 13.0 Å². The van der Waals surface area contributed by atoms with E-state index in [1.165, 1.54) is 24.1 Å². The molecule has 0 bridgehead atoms. The second kappa shape index (κ2) is 5.25. The fourth-order valence-corrected chi connectivity index (χ4v) is 1.37. The van der Waals surface area contributed by atoms with Gasteiger partial charge in [-0.05, 0) is 19.1 Å². The minimum absolute atomic E-state index is 0.235. The Labute approximate surface area is 97.8 Å². The van der Waals surface area contributed by atoms with Crippen molar-refractivity contribution in [3.8, 4) is 0 Å². The summed E-state index contributed by atoms with van der Waals surface area (Å²) in [7, 11) is 1.50. The maximum absolute atomic E-state index is 13.3. The summed E-state index contributed by atoms with van der Waals surface area (Å²) in [5.74, 6) is -2.50. The number of halogens is 3. The lowest BCUT2D eigenvalue weighted by Crippen LogP contribution is -2.36. The van der Waals surface area contributed by atoms with Crippen molar-refractivity contribution in [2.75, 3.05) is 12.9 Å². The number of amides is 1. The molecule has 0 saturated carbocycles. The van der Waals surface area contributed by atoms with Gasteiger partial charge in [0, 0.05) is 19.0 Å². The van der Waals surface area contributed by atoms with Gasteiger partial charge in [-0.2, -0.15) is 0 Å². The van der Waals surface area contributed by atoms with E-state index in [1.54, 1.807) is 6.92 Å². The Kier molecular flexibility index (Phi) is 4.24. The average Bonchev–Trinajstić information content (AvgIpc) is 2.29. The molecule has 0 radical (unpaired) electrons. The molecule has 0 saturated heterocycles. The Bertz CT molecular complexity index is 398. The van der Waals surface area contributed by atoms with Crippen molar-refractivity contribution in [3.05, 3.63) is 35.4 Å². The Hall–Kier alpha value is -1.16. The van der Waals surface area contributed by atoms with Gasteiger partial charge in [-0.15, -0.1) is 11.6 Å². The SMILES string of the molecule is CC(CCl)N(C)C(=O)c1cccc(F)c1F. The molecular formula is C11H12ClF2NO. The summed E-state index contributed by atoms with van der Waals surface area (Å²) >= 11 is 5.59. The lowest BCUT2D eigenvalue weighted by molar-refractivity contribution is 0.0751. The molecule has 1 aromatic carbocycles. The van der Waals surface area contributed by atoms with E-state index in [4.69, 9.17) is 11.6 Å². The van der Waals surface area contributed by atoms with Crippen LogP contribution in [0.25, 0.3) is 0 Å². The van der Waals surface area contributed by atoms with Crippen molar-refractivity contribution in [1.29, 1.82) is 0 Å². The van der Waals surface area contributed by atoms with Gasteiger partial charge in [-0.1, -0.05) is 6.07 Å². The van der Waals surface area contributed by atoms with Crippen LogP contribution in [0.2, 0.25) is 0 Å². The summed E-state index contributed by atoms with van der Waals surface area (Å²) in [6.07, 6.45) is 0. The predicted octanol–water partition coefficient (Wildman–Crippen LogP) is 2.66. The smallest absolute Gasteiger partial charge is 0.256 e. The summed E-state index contributed by atoms with van der Waals surface area (Å²) < 4.78 is 26.2. The maximum Gasteiger partial charge on any atom is 0.256 e. The van der Waals surface area contributed by atoms with Crippen LogP contribution >= 0.6 is 11.6 Å². The van der Waals surface area contributed by atoms with Crippen molar-refractivity contribution in [2.24, 2.45) is 0 Å². The predicted molar refractivity (Wildman–Crippen MR) is 58.6 cm³/mol. The van der Waals surface area contributed by atoms with Crippen LogP contribution in [0.1, 0.15) is 17.3 Å². The number of hydrogen-bond acceptors (Lipinski definition) is 1. The number of hydrogen-bond donors (Lipinski definition) is 0. The topological polar surface area (TPSA) is 20.3 Å². The van der Waals surface area contributed by atoms with Gasteiger partial charge in [0.1, 0.15) is 0 Å². The summed E-state index contributed by atoms with van der Waals surface area (Å²) in [4.78, 5) is 13.1. The minimum atomic E-state index is -1.12. The molecule has 1 amide bonds. The highest BCUT2D eigenvalue weighted by atomic mass is 35.5. The van der Waals surface area contributed by atoms with E-state index < -0.39 is 17.5 Å². The first-order valence-corrected chi connectivity index (χ1v) is 5.29. The van der Waals surface area contributed by atoms with Crippen LogP contribution in [0.15, 0.2) is 18.2 Å². The molecule has 0 aliphatic carbocycles. The highest BCUT2D eigenvalue weighted by Crippen LogP contribution is 2.14. The Morgan fingerprint density at radius 2 is 2.12 bits per heavy atom. The number of carbonyl (C=O) groups excluding carboxylic acids is 1. The van der Waals surface area contributed by atoms with E-state index >= 15 is 0 Å². The highest BCUT2D eigenvalue weighted by Gasteiger charge is 2.21. The molecular weight excluding hydrogens is 236 g/mol. The fourth-order valence-electron chi connectivity index (χ4n) is 1.16. The normalized spacial score (nSPS) is 12.3. The molecule has 0 spiro atoms. The molecule has 0 heterocycles. The van der Waals surface area contributed by atoms with Crippen molar-refractivity contribution < 1.29 is 13.6 Å². The van der Waals surface area contributed by atoms with E-state index in [9.17, 15) is 13.6 Å². The molecule has 0 aliphatic rings. The zero-order valence-corrected chi connectivity index (χ0v) is 9.76. The molecule has 0 aliphatic heterocycles. The van der Waals surface area contributed by atoms with Gasteiger partial charge in [0.15, 0.2) is 11.6 Å². The zero-order valence-electron chi connectivity index (χ0n) is 9.01. The number of benzene rings is 1. The molecule has 5 heteroatoms. The standard InChI is InChI=1S/C11H12ClF2NO/c1-7(6-12)15(2)11(16)8-4-3-5-9(13)10(8)14/h3-5,7H,6H2,1-2H3. The van der Waals surface area contributed by atoms with Gasteiger partial charge in [0.2, 0.25) is 0 Å². The molecule has 0 N–H and O–H groups in total. The third-order valence-electron chi connectivity index (χ3n) is 2.39. The Morgan fingerprint density at radius 1 is 1.50 bits per heavy atom. The molecule has 88 valence electrons. The molecule has 0 fully saturated rings. The maximum atomic E-state index is 13.3. The van der Waals surface area contributed by atoms with Gasteiger partial charge < -0.3 is 4.90 Å². The second-order valence-electron chi connectivity index (χ2n) is 3.52.